The number of benzene rings is 1. The number of hydrogen-bond acceptors (Lipinski definition) is 3. The highest BCUT2D eigenvalue weighted by molar-refractivity contribution is 5.94. The Hall–Kier alpha value is -1.38. The predicted octanol–water partition coefficient (Wildman–Crippen LogP) is 2.18. The van der Waals surface area contributed by atoms with Crippen molar-refractivity contribution >= 4 is 24.0 Å². The molecule has 0 saturated carbocycles. The second kappa shape index (κ2) is 7.41. The molecule has 1 rings (SSSR count). The SMILES string of the molecule is COCC(N)C(=O)Nc1cc(C(F)(F)F)ccc1F.Cl. The van der Waals surface area contributed by atoms with Gasteiger partial charge in [0.05, 0.1) is 17.9 Å². The van der Waals surface area contributed by atoms with Gasteiger partial charge in [-0.1, -0.05) is 0 Å². The van der Waals surface area contributed by atoms with E-state index in [9.17, 15) is 22.4 Å². The minimum atomic E-state index is -4.62. The maximum Gasteiger partial charge on any atom is 0.416 e. The minimum Gasteiger partial charge on any atom is -0.383 e. The first-order valence-corrected chi connectivity index (χ1v) is 5.18. The Balaban J connectivity index is 0.00000361. The van der Waals surface area contributed by atoms with Crippen LogP contribution in [-0.2, 0) is 15.7 Å². The third-order valence-corrected chi connectivity index (χ3v) is 2.23. The van der Waals surface area contributed by atoms with E-state index in [-0.39, 0.29) is 19.0 Å². The number of anilines is 1. The Bertz CT molecular complexity index is 468. The maximum atomic E-state index is 13.3. The Morgan fingerprint density at radius 1 is 1.45 bits per heavy atom. The normalized spacial score (nSPS) is 12.5. The number of methoxy groups -OCH3 is 1. The quantitative estimate of drug-likeness (QED) is 0.837. The van der Waals surface area contributed by atoms with Gasteiger partial charge in [0.25, 0.3) is 0 Å². The van der Waals surface area contributed by atoms with Crippen molar-refractivity contribution in [3.05, 3.63) is 29.6 Å². The summed E-state index contributed by atoms with van der Waals surface area (Å²) in [4.78, 5) is 11.5. The van der Waals surface area contributed by atoms with Crippen LogP contribution in [0.15, 0.2) is 18.2 Å². The summed E-state index contributed by atoms with van der Waals surface area (Å²) < 4.78 is 55.2. The first-order chi connectivity index (χ1) is 8.75. The molecule has 4 nitrogen and oxygen atoms in total. The number of alkyl halides is 3. The highest BCUT2D eigenvalue weighted by Crippen LogP contribution is 2.31. The summed E-state index contributed by atoms with van der Waals surface area (Å²) in [6.07, 6.45) is -4.62. The summed E-state index contributed by atoms with van der Waals surface area (Å²) in [6.45, 7) is -0.133. The molecule has 1 atom stereocenters. The number of rotatable bonds is 4. The van der Waals surface area contributed by atoms with Gasteiger partial charge in [-0.05, 0) is 18.2 Å². The van der Waals surface area contributed by atoms with Crippen LogP contribution >= 0.6 is 12.4 Å². The number of nitrogens with one attached hydrogen (secondary N) is 1. The summed E-state index contributed by atoms with van der Waals surface area (Å²) >= 11 is 0. The molecule has 0 aliphatic carbocycles. The van der Waals surface area contributed by atoms with Crippen LogP contribution in [0.2, 0.25) is 0 Å². The van der Waals surface area contributed by atoms with Crippen LogP contribution in [-0.4, -0.2) is 25.7 Å². The summed E-state index contributed by atoms with van der Waals surface area (Å²) in [7, 11) is 1.30. The molecule has 20 heavy (non-hydrogen) atoms. The van der Waals surface area contributed by atoms with E-state index >= 15 is 0 Å². The molecule has 0 heterocycles. The van der Waals surface area contributed by atoms with Crippen molar-refractivity contribution in [3.63, 3.8) is 0 Å². The molecule has 1 aromatic rings. The maximum absolute atomic E-state index is 13.3. The van der Waals surface area contributed by atoms with E-state index in [2.05, 4.69) is 4.74 Å². The predicted molar refractivity (Wildman–Crippen MR) is 67.1 cm³/mol. The zero-order chi connectivity index (χ0) is 14.6. The molecule has 1 amide bonds. The number of halogens is 5. The molecule has 0 aliphatic rings. The Morgan fingerprint density at radius 2 is 2.05 bits per heavy atom. The van der Waals surface area contributed by atoms with Crippen molar-refractivity contribution in [2.75, 3.05) is 19.0 Å². The van der Waals surface area contributed by atoms with E-state index in [0.29, 0.717) is 18.2 Å². The van der Waals surface area contributed by atoms with Crippen molar-refractivity contribution in [3.8, 4) is 0 Å². The van der Waals surface area contributed by atoms with Crippen molar-refractivity contribution in [1.82, 2.24) is 0 Å². The van der Waals surface area contributed by atoms with Gasteiger partial charge in [-0.2, -0.15) is 13.2 Å². The lowest BCUT2D eigenvalue weighted by molar-refractivity contribution is -0.137. The van der Waals surface area contributed by atoms with Gasteiger partial charge in [0.1, 0.15) is 11.9 Å². The zero-order valence-electron chi connectivity index (χ0n) is 10.3. The zero-order valence-corrected chi connectivity index (χ0v) is 11.1. The second-order valence-corrected chi connectivity index (χ2v) is 3.74. The Labute approximate surface area is 118 Å². The summed E-state index contributed by atoms with van der Waals surface area (Å²) in [5.41, 5.74) is 3.73. The fourth-order valence-electron chi connectivity index (χ4n) is 1.28. The number of carbonyl (C=O) groups is 1. The van der Waals surface area contributed by atoms with E-state index in [1.807, 2.05) is 5.32 Å². The molecular formula is C11H13ClF4N2O2. The first kappa shape index (κ1) is 18.6. The Kier molecular flexibility index (Phi) is 6.90. The summed E-state index contributed by atoms with van der Waals surface area (Å²) in [6, 6.07) is 0.617. The van der Waals surface area contributed by atoms with E-state index in [1.165, 1.54) is 7.11 Å². The average Bonchev–Trinajstić information content (AvgIpc) is 2.30. The standard InChI is InChI=1S/C11H12F4N2O2.ClH/c1-19-5-8(16)10(18)17-9-4-6(11(13,14)15)2-3-7(9)12;/h2-4,8H,5,16H2,1H3,(H,17,18);1H. The van der Waals surface area contributed by atoms with Crippen molar-refractivity contribution in [1.29, 1.82) is 0 Å². The van der Waals surface area contributed by atoms with Crippen LogP contribution in [0.5, 0.6) is 0 Å². The third kappa shape index (κ3) is 4.95. The van der Waals surface area contributed by atoms with Gasteiger partial charge in [0, 0.05) is 7.11 Å². The minimum absolute atomic E-state index is 0. The number of nitrogens with two attached hydrogens (primary N) is 1. The van der Waals surface area contributed by atoms with Crippen LogP contribution in [0.1, 0.15) is 5.56 Å². The highest BCUT2D eigenvalue weighted by atomic mass is 35.5. The highest BCUT2D eigenvalue weighted by Gasteiger charge is 2.31. The molecule has 114 valence electrons. The van der Waals surface area contributed by atoms with Crippen LogP contribution in [0.4, 0.5) is 23.2 Å². The Morgan fingerprint density at radius 3 is 2.55 bits per heavy atom. The summed E-state index contributed by atoms with van der Waals surface area (Å²) in [5, 5.41) is 1.99. The third-order valence-electron chi connectivity index (χ3n) is 2.23. The van der Waals surface area contributed by atoms with Crippen molar-refractivity contribution in [2.24, 2.45) is 5.73 Å². The molecule has 3 N–H and O–H groups in total. The summed E-state index contributed by atoms with van der Waals surface area (Å²) in [5.74, 6) is -1.81. The van der Waals surface area contributed by atoms with Crippen molar-refractivity contribution in [2.45, 2.75) is 12.2 Å². The molecular weight excluding hydrogens is 304 g/mol. The number of carbonyl (C=O) groups excluding carboxylic acids is 1. The van der Waals surface area contributed by atoms with Gasteiger partial charge >= 0.3 is 6.18 Å². The largest absolute Gasteiger partial charge is 0.416 e. The molecule has 0 aromatic heterocycles. The van der Waals surface area contributed by atoms with E-state index in [4.69, 9.17) is 5.73 Å². The molecule has 1 unspecified atom stereocenters. The van der Waals surface area contributed by atoms with Crippen LogP contribution in [0, 0.1) is 5.82 Å². The molecule has 0 aliphatic heterocycles. The lowest BCUT2D eigenvalue weighted by Crippen LogP contribution is -2.39. The first-order valence-electron chi connectivity index (χ1n) is 5.18. The monoisotopic (exact) mass is 316 g/mol. The van der Waals surface area contributed by atoms with Gasteiger partial charge in [0.2, 0.25) is 5.91 Å². The lowest BCUT2D eigenvalue weighted by atomic mass is 10.1. The van der Waals surface area contributed by atoms with Crippen molar-refractivity contribution < 1.29 is 27.1 Å². The van der Waals surface area contributed by atoms with E-state index in [1.54, 1.807) is 0 Å². The second-order valence-electron chi connectivity index (χ2n) is 3.74. The fraction of sp³-hybridized carbons (Fsp3) is 0.364. The van der Waals surface area contributed by atoms with Crippen LogP contribution in [0.25, 0.3) is 0 Å². The fourth-order valence-corrected chi connectivity index (χ4v) is 1.28. The average molecular weight is 317 g/mol. The molecule has 0 spiro atoms. The van der Waals surface area contributed by atoms with E-state index < -0.39 is 35.2 Å². The number of ether oxygens (including phenoxy) is 1. The molecule has 0 radical (unpaired) electrons. The number of hydrogen-bond donors (Lipinski definition) is 2. The smallest absolute Gasteiger partial charge is 0.383 e. The molecule has 9 heteroatoms. The molecule has 0 saturated heterocycles. The molecule has 1 aromatic carbocycles. The van der Waals surface area contributed by atoms with Gasteiger partial charge in [-0.25, -0.2) is 4.39 Å². The molecule has 0 fully saturated rings. The van der Waals surface area contributed by atoms with E-state index in [0.717, 1.165) is 0 Å². The molecule has 0 bridgehead atoms. The lowest BCUT2D eigenvalue weighted by Gasteiger charge is -2.13. The van der Waals surface area contributed by atoms with Gasteiger partial charge in [0.15, 0.2) is 0 Å². The number of amides is 1. The van der Waals surface area contributed by atoms with Crippen LogP contribution < -0.4 is 11.1 Å². The van der Waals surface area contributed by atoms with Gasteiger partial charge in [-0.3, -0.25) is 4.79 Å². The topological polar surface area (TPSA) is 64.3 Å². The van der Waals surface area contributed by atoms with Gasteiger partial charge in [-0.15, -0.1) is 12.4 Å². The van der Waals surface area contributed by atoms with Crippen LogP contribution in [0.3, 0.4) is 0 Å². The van der Waals surface area contributed by atoms with Gasteiger partial charge < -0.3 is 15.8 Å².